The van der Waals surface area contributed by atoms with Gasteiger partial charge in [-0.25, -0.2) is 5.43 Å². The molecule has 1 amide bonds. The number of nitro benzene ring substituents is 1. The van der Waals surface area contributed by atoms with Gasteiger partial charge in [0, 0.05) is 17.8 Å². The maximum absolute atomic E-state index is 12.0. The quantitative estimate of drug-likeness (QED) is 0.311. The number of nitro groups is 1. The van der Waals surface area contributed by atoms with Crippen molar-refractivity contribution in [2.45, 2.75) is 0 Å². The van der Waals surface area contributed by atoms with Crippen LogP contribution in [-0.4, -0.2) is 37.5 Å². The molecule has 32 heavy (non-hydrogen) atoms. The Bertz CT molecular complexity index is 1190. The van der Waals surface area contributed by atoms with Gasteiger partial charge >= 0.3 is 0 Å². The average molecular weight is 438 g/mol. The third-order valence-electron chi connectivity index (χ3n) is 4.49. The van der Waals surface area contributed by atoms with Crippen LogP contribution in [0.5, 0.6) is 17.2 Å². The summed E-state index contributed by atoms with van der Waals surface area (Å²) in [5.41, 5.74) is 3.57. The van der Waals surface area contributed by atoms with Crippen molar-refractivity contribution >= 4 is 23.5 Å². The molecule has 1 aromatic heterocycles. The minimum Gasteiger partial charge on any atom is -0.496 e. The number of fused-ring (bicyclic) bond motifs is 1. The third-order valence-corrected chi connectivity index (χ3v) is 4.49. The lowest BCUT2D eigenvalue weighted by molar-refractivity contribution is -0.384. The van der Waals surface area contributed by atoms with Crippen LogP contribution >= 0.6 is 0 Å². The fourth-order valence-corrected chi connectivity index (χ4v) is 2.96. The molecule has 0 radical (unpaired) electrons. The van der Waals surface area contributed by atoms with Crippen LogP contribution in [0.2, 0.25) is 0 Å². The molecule has 0 atom stereocenters. The molecule has 2 N–H and O–H groups in total. The lowest BCUT2D eigenvalue weighted by Crippen LogP contribution is -2.25. The highest BCUT2D eigenvalue weighted by Gasteiger charge is 2.15. The van der Waals surface area contributed by atoms with Gasteiger partial charge < -0.3 is 23.9 Å². The van der Waals surface area contributed by atoms with Crippen LogP contribution in [-0.2, 0) is 4.79 Å². The molecule has 11 nitrogen and oxygen atoms in total. The lowest BCUT2D eigenvalue weighted by Gasteiger charge is -2.06. The molecule has 0 aliphatic carbocycles. The van der Waals surface area contributed by atoms with Gasteiger partial charge in [0.15, 0.2) is 11.5 Å². The average Bonchev–Trinajstić information content (AvgIpc) is 3.46. The van der Waals surface area contributed by atoms with Gasteiger partial charge in [-0.2, -0.15) is 5.10 Å². The van der Waals surface area contributed by atoms with E-state index in [1.54, 1.807) is 36.4 Å². The molecule has 2 heterocycles. The van der Waals surface area contributed by atoms with Crippen molar-refractivity contribution in [2.75, 3.05) is 25.8 Å². The molecule has 0 spiro atoms. The van der Waals surface area contributed by atoms with E-state index in [1.165, 1.54) is 25.5 Å². The highest BCUT2D eigenvalue weighted by Crippen LogP contribution is 2.35. The molecule has 0 unspecified atom stereocenters. The summed E-state index contributed by atoms with van der Waals surface area (Å²) in [5.74, 6) is 2.04. The molecule has 3 aromatic rings. The van der Waals surface area contributed by atoms with Crippen LogP contribution < -0.4 is 25.0 Å². The highest BCUT2D eigenvalue weighted by molar-refractivity contribution is 5.83. The predicted molar refractivity (Wildman–Crippen MR) is 114 cm³/mol. The molecule has 2 aromatic carbocycles. The summed E-state index contributed by atoms with van der Waals surface area (Å²) < 4.78 is 21.4. The first-order valence-corrected chi connectivity index (χ1v) is 9.41. The van der Waals surface area contributed by atoms with Gasteiger partial charge in [-0.05, 0) is 30.3 Å². The number of furan rings is 1. The molecule has 0 bridgehead atoms. The number of rotatable bonds is 8. The van der Waals surface area contributed by atoms with Crippen molar-refractivity contribution in [3.05, 3.63) is 64.4 Å². The van der Waals surface area contributed by atoms with Crippen LogP contribution in [0.15, 0.2) is 58.0 Å². The van der Waals surface area contributed by atoms with Gasteiger partial charge in [-0.3, -0.25) is 14.9 Å². The maximum atomic E-state index is 12.0. The second-order valence-electron chi connectivity index (χ2n) is 6.56. The van der Waals surface area contributed by atoms with E-state index in [4.69, 9.17) is 18.6 Å². The van der Waals surface area contributed by atoms with E-state index in [-0.39, 0.29) is 24.9 Å². The molecule has 0 saturated carbocycles. The number of hydrogen-bond donors (Lipinski definition) is 2. The SMILES string of the molecule is COc1cc([N+](=O)[O-])ccc1-c1ccc(/C=N\NC(=O)CNc2ccc3c(c2)OCO3)o1. The van der Waals surface area contributed by atoms with Crippen molar-refractivity contribution in [1.82, 2.24) is 5.43 Å². The van der Waals surface area contributed by atoms with Gasteiger partial charge in [0.05, 0.1) is 36.4 Å². The number of benzene rings is 2. The molecule has 164 valence electrons. The first-order chi connectivity index (χ1) is 15.5. The zero-order chi connectivity index (χ0) is 22.5. The van der Waals surface area contributed by atoms with Crippen molar-refractivity contribution in [2.24, 2.45) is 5.10 Å². The Hall–Kier alpha value is -4.54. The minimum absolute atomic E-state index is 0.000379. The fraction of sp³-hybridized carbons (Fsp3) is 0.143. The molecule has 4 rings (SSSR count). The number of methoxy groups -OCH3 is 1. The van der Waals surface area contributed by atoms with Crippen molar-refractivity contribution in [3.8, 4) is 28.6 Å². The van der Waals surface area contributed by atoms with Crippen LogP contribution in [0.1, 0.15) is 5.76 Å². The van der Waals surface area contributed by atoms with E-state index >= 15 is 0 Å². The second kappa shape index (κ2) is 9.08. The number of ether oxygens (including phenoxy) is 3. The Kier molecular flexibility index (Phi) is 5.88. The number of carbonyl (C=O) groups excluding carboxylic acids is 1. The van der Waals surface area contributed by atoms with Gasteiger partial charge in [0.25, 0.3) is 11.6 Å². The van der Waals surface area contributed by atoms with E-state index in [0.717, 1.165) is 0 Å². The smallest absolute Gasteiger partial charge is 0.273 e. The standard InChI is InChI=1S/C21H18N4O7/c1-29-19-9-14(25(27)28)3-5-16(19)17-7-4-15(32-17)10-23-24-21(26)11-22-13-2-6-18-20(8-13)31-12-30-18/h2-10,22H,11-12H2,1H3,(H,24,26)/b23-10-. The first-order valence-electron chi connectivity index (χ1n) is 9.41. The molecule has 0 saturated heterocycles. The zero-order valence-corrected chi connectivity index (χ0v) is 16.9. The van der Waals surface area contributed by atoms with Crippen LogP contribution in [0.25, 0.3) is 11.3 Å². The number of nitrogens with zero attached hydrogens (tertiary/aromatic N) is 2. The summed E-state index contributed by atoms with van der Waals surface area (Å²) in [6.07, 6.45) is 1.35. The maximum Gasteiger partial charge on any atom is 0.273 e. The van der Waals surface area contributed by atoms with Gasteiger partial charge in [-0.15, -0.1) is 0 Å². The van der Waals surface area contributed by atoms with E-state index in [1.807, 2.05) is 0 Å². The van der Waals surface area contributed by atoms with Crippen molar-refractivity contribution in [1.29, 1.82) is 0 Å². The van der Waals surface area contributed by atoms with E-state index in [9.17, 15) is 14.9 Å². The Morgan fingerprint density at radius 1 is 1.19 bits per heavy atom. The van der Waals surface area contributed by atoms with Gasteiger partial charge in [-0.1, -0.05) is 0 Å². The van der Waals surface area contributed by atoms with Crippen molar-refractivity contribution in [3.63, 3.8) is 0 Å². The number of anilines is 1. The van der Waals surface area contributed by atoms with E-state index in [2.05, 4.69) is 15.8 Å². The van der Waals surface area contributed by atoms with E-state index < -0.39 is 4.92 Å². The number of amides is 1. The third kappa shape index (κ3) is 4.61. The summed E-state index contributed by atoms with van der Waals surface area (Å²) in [7, 11) is 1.42. The van der Waals surface area contributed by atoms with Crippen LogP contribution in [0.4, 0.5) is 11.4 Å². The normalized spacial score (nSPS) is 12.0. The summed E-state index contributed by atoms with van der Waals surface area (Å²) in [4.78, 5) is 22.4. The Morgan fingerprint density at radius 3 is 2.84 bits per heavy atom. The summed E-state index contributed by atoms with van der Waals surface area (Å²) >= 11 is 0. The Balaban J connectivity index is 1.33. The summed E-state index contributed by atoms with van der Waals surface area (Å²) in [5, 5.41) is 17.8. The van der Waals surface area contributed by atoms with Crippen LogP contribution in [0.3, 0.4) is 0 Å². The minimum atomic E-state index is -0.503. The van der Waals surface area contributed by atoms with E-state index in [0.29, 0.717) is 40.0 Å². The summed E-state index contributed by atoms with van der Waals surface area (Å²) in [6, 6.07) is 12.8. The largest absolute Gasteiger partial charge is 0.496 e. The molecule has 11 heteroatoms. The number of non-ortho nitro benzene ring substituents is 1. The zero-order valence-electron chi connectivity index (χ0n) is 16.9. The monoisotopic (exact) mass is 438 g/mol. The molecular formula is C21H18N4O7. The lowest BCUT2D eigenvalue weighted by atomic mass is 10.1. The Labute approximate surface area is 181 Å². The molecular weight excluding hydrogens is 420 g/mol. The topological polar surface area (TPSA) is 137 Å². The Morgan fingerprint density at radius 2 is 2.03 bits per heavy atom. The predicted octanol–water partition coefficient (Wildman–Crippen LogP) is 3.15. The number of nitrogens with one attached hydrogen (secondary N) is 2. The second-order valence-corrected chi connectivity index (χ2v) is 6.56. The molecule has 1 aliphatic rings. The molecule has 0 fully saturated rings. The van der Waals surface area contributed by atoms with Crippen molar-refractivity contribution < 1.29 is 28.3 Å². The highest BCUT2D eigenvalue weighted by atomic mass is 16.7. The first kappa shape index (κ1) is 20.7. The molecule has 1 aliphatic heterocycles. The van der Waals surface area contributed by atoms with Crippen LogP contribution in [0, 0.1) is 10.1 Å². The number of hydrogen-bond acceptors (Lipinski definition) is 9. The van der Waals surface area contributed by atoms with Gasteiger partial charge in [0.1, 0.15) is 17.3 Å². The number of hydrazone groups is 1. The van der Waals surface area contributed by atoms with Gasteiger partial charge in [0.2, 0.25) is 6.79 Å². The number of carbonyl (C=O) groups is 1. The fourth-order valence-electron chi connectivity index (χ4n) is 2.96. The summed E-state index contributed by atoms with van der Waals surface area (Å²) in [6.45, 7) is 0.180.